The van der Waals surface area contributed by atoms with Crippen molar-refractivity contribution in [3.63, 3.8) is 0 Å². The standard InChI is InChI=1S/C12H9ClFN3/c1-2-16-11-7(5-15)6-17-12-9(11)3-8(13)4-10(12)14/h3-4,6H,2H2,1H3,(H,16,17). The zero-order chi connectivity index (χ0) is 12.4. The van der Waals surface area contributed by atoms with Gasteiger partial charge in [0.15, 0.2) is 5.82 Å². The van der Waals surface area contributed by atoms with Crippen molar-refractivity contribution in [2.75, 3.05) is 11.9 Å². The zero-order valence-corrected chi connectivity index (χ0v) is 9.85. The lowest BCUT2D eigenvalue weighted by Crippen LogP contribution is -2.01. The maximum Gasteiger partial charge on any atom is 0.150 e. The van der Waals surface area contributed by atoms with E-state index in [1.54, 1.807) is 6.07 Å². The van der Waals surface area contributed by atoms with E-state index in [0.29, 0.717) is 23.2 Å². The second-order valence-corrected chi connectivity index (χ2v) is 3.91. The van der Waals surface area contributed by atoms with E-state index in [-0.39, 0.29) is 10.5 Å². The number of fused-ring (bicyclic) bond motifs is 1. The van der Waals surface area contributed by atoms with Gasteiger partial charge in [-0.3, -0.25) is 4.98 Å². The summed E-state index contributed by atoms with van der Waals surface area (Å²) in [4.78, 5) is 3.94. The third-order valence-corrected chi connectivity index (χ3v) is 2.58. The minimum atomic E-state index is -0.490. The summed E-state index contributed by atoms with van der Waals surface area (Å²) in [5.41, 5.74) is 1.16. The van der Waals surface area contributed by atoms with Gasteiger partial charge in [0.1, 0.15) is 11.6 Å². The number of halogens is 2. The summed E-state index contributed by atoms with van der Waals surface area (Å²) in [6.07, 6.45) is 1.36. The Morgan fingerprint density at radius 1 is 1.53 bits per heavy atom. The van der Waals surface area contributed by atoms with E-state index in [9.17, 15) is 4.39 Å². The Labute approximate surface area is 103 Å². The minimum Gasteiger partial charge on any atom is -0.384 e. The molecule has 2 aromatic rings. The molecule has 0 unspecified atom stereocenters. The Kier molecular flexibility index (Phi) is 3.12. The molecule has 0 aliphatic rings. The number of pyridine rings is 1. The van der Waals surface area contributed by atoms with E-state index in [1.807, 2.05) is 13.0 Å². The van der Waals surface area contributed by atoms with E-state index >= 15 is 0 Å². The van der Waals surface area contributed by atoms with Gasteiger partial charge in [-0.2, -0.15) is 5.26 Å². The molecule has 17 heavy (non-hydrogen) atoms. The first kappa shape index (κ1) is 11.6. The minimum absolute atomic E-state index is 0.212. The van der Waals surface area contributed by atoms with Crippen LogP contribution in [-0.2, 0) is 0 Å². The molecule has 86 valence electrons. The van der Waals surface area contributed by atoms with Crippen LogP contribution in [0.4, 0.5) is 10.1 Å². The number of hydrogen-bond acceptors (Lipinski definition) is 3. The lowest BCUT2D eigenvalue weighted by atomic mass is 10.1. The fraction of sp³-hybridized carbons (Fsp3) is 0.167. The molecule has 0 fully saturated rings. The molecule has 0 amide bonds. The molecule has 0 bridgehead atoms. The Morgan fingerprint density at radius 3 is 2.94 bits per heavy atom. The second kappa shape index (κ2) is 4.56. The SMILES string of the molecule is CCNc1c(C#N)cnc2c(F)cc(Cl)cc12. The summed E-state index contributed by atoms with van der Waals surface area (Å²) in [5, 5.41) is 12.8. The van der Waals surface area contributed by atoms with Crippen molar-refractivity contribution in [2.45, 2.75) is 6.92 Å². The van der Waals surface area contributed by atoms with Gasteiger partial charge in [0.05, 0.1) is 11.3 Å². The Balaban J connectivity index is 2.84. The largest absolute Gasteiger partial charge is 0.384 e. The fourth-order valence-corrected chi connectivity index (χ4v) is 1.88. The summed E-state index contributed by atoms with van der Waals surface area (Å²) in [7, 11) is 0. The van der Waals surface area contributed by atoms with Crippen LogP contribution in [0.3, 0.4) is 0 Å². The highest BCUT2D eigenvalue weighted by Crippen LogP contribution is 2.29. The predicted octanol–water partition coefficient (Wildman–Crippen LogP) is 3.33. The summed E-state index contributed by atoms with van der Waals surface area (Å²) in [6.45, 7) is 2.52. The second-order valence-electron chi connectivity index (χ2n) is 3.47. The van der Waals surface area contributed by atoms with Crippen LogP contribution in [0, 0.1) is 17.1 Å². The highest BCUT2D eigenvalue weighted by molar-refractivity contribution is 6.31. The number of hydrogen-bond donors (Lipinski definition) is 1. The van der Waals surface area contributed by atoms with Crippen LogP contribution in [0.5, 0.6) is 0 Å². The van der Waals surface area contributed by atoms with Crippen molar-refractivity contribution in [3.05, 3.63) is 34.7 Å². The lowest BCUT2D eigenvalue weighted by Gasteiger charge is -2.10. The third-order valence-electron chi connectivity index (χ3n) is 2.36. The van der Waals surface area contributed by atoms with Gasteiger partial charge in [-0.05, 0) is 19.1 Å². The smallest absolute Gasteiger partial charge is 0.150 e. The van der Waals surface area contributed by atoms with Gasteiger partial charge in [0.2, 0.25) is 0 Å². The number of anilines is 1. The molecule has 0 saturated heterocycles. The van der Waals surface area contributed by atoms with Crippen LogP contribution in [-0.4, -0.2) is 11.5 Å². The normalized spacial score (nSPS) is 10.2. The van der Waals surface area contributed by atoms with E-state index in [4.69, 9.17) is 16.9 Å². The number of aromatic nitrogens is 1. The molecule has 0 spiro atoms. The molecule has 0 radical (unpaired) electrons. The lowest BCUT2D eigenvalue weighted by molar-refractivity contribution is 0.637. The first-order chi connectivity index (χ1) is 8.17. The van der Waals surface area contributed by atoms with Crippen molar-refractivity contribution in [1.29, 1.82) is 5.26 Å². The van der Waals surface area contributed by atoms with Crippen LogP contribution >= 0.6 is 11.6 Å². The molecule has 1 aromatic heterocycles. The summed E-state index contributed by atoms with van der Waals surface area (Å²) in [6, 6.07) is 4.83. The molecule has 1 N–H and O–H groups in total. The predicted molar refractivity (Wildman–Crippen MR) is 65.6 cm³/mol. The van der Waals surface area contributed by atoms with Gasteiger partial charge >= 0.3 is 0 Å². The number of rotatable bonds is 2. The van der Waals surface area contributed by atoms with E-state index in [1.165, 1.54) is 12.3 Å². The van der Waals surface area contributed by atoms with Crippen LogP contribution in [0.15, 0.2) is 18.3 Å². The van der Waals surface area contributed by atoms with Gasteiger partial charge < -0.3 is 5.32 Å². The molecule has 1 aromatic carbocycles. The summed E-state index contributed by atoms with van der Waals surface area (Å²) >= 11 is 5.81. The van der Waals surface area contributed by atoms with Crippen molar-refractivity contribution in [1.82, 2.24) is 4.98 Å². The maximum atomic E-state index is 13.6. The Bertz CT molecular complexity index is 619. The Hall–Kier alpha value is -1.86. The molecule has 0 aliphatic heterocycles. The van der Waals surface area contributed by atoms with Gasteiger partial charge in [-0.15, -0.1) is 0 Å². The van der Waals surface area contributed by atoms with Crippen molar-refractivity contribution < 1.29 is 4.39 Å². The average Bonchev–Trinajstić information content (AvgIpc) is 2.30. The molecule has 3 nitrogen and oxygen atoms in total. The maximum absolute atomic E-state index is 13.6. The first-order valence-corrected chi connectivity index (χ1v) is 5.47. The first-order valence-electron chi connectivity index (χ1n) is 5.09. The van der Waals surface area contributed by atoms with E-state index < -0.39 is 5.82 Å². The molecular weight excluding hydrogens is 241 g/mol. The van der Waals surface area contributed by atoms with Gasteiger partial charge in [0, 0.05) is 23.2 Å². The quantitative estimate of drug-likeness (QED) is 0.888. The summed E-state index contributed by atoms with van der Waals surface area (Å²) < 4.78 is 13.6. The van der Waals surface area contributed by atoms with Crippen molar-refractivity contribution >= 4 is 28.2 Å². The zero-order valence-electron chi connectivity index (χ0n) is 9.09. The molecular formula is C12H9ClFN3. The number of nitrogens with one attached hydrogen (secondary N) is 1. The average molecular weight is 250 g/mol. The van der Waals surface area contributed by atoms with Gasteiger partial charge in [-0.1, -0.05) is 11.6 Å². The van der Waals surface area contributed by atoms with Gasteiger partial charge in [0.25, 0.3) is 0 Å². The number of benzene rings is 1. The highest BCUT2D eigenvalue weighted by Gasteiger charge is 2.12. The van der Waals surface area contributed by atoms with Crippen LogP contribution in [0.1, 0.15) is 12.5 Å². The Morgan fingerprint density at radius 2 is 2.29 bits per heavy atom. The van der Waals surface area contributed by atoms with E-state index in [0.717, 1.165) is 0 Å². The van der Waals surface area contributed by atoms with Crippen LogP contribution < -0.4 is 5.32 Å². The summed E-state index contributed by atoms with van der Waals surface area (Å²) in [5.74, 6) is -0.490. The van der Waals surface area contributed by atoms with Crippen molar-refractivity contribution in [3.8, 4) is 6.07 Å². The number of nitrogens with zero attached hydrogens (tertiary/aromatic N) is 2. The van der Waals surface area contributed by atoms with Crippen LogP contribution in [0.25, 0.3) is 10.9 Å². The van der Waals surface area contributed by atoms with E-state index in [2.05, 4.69) is 10.3 Å². The van der Waals surface area contributed by atoms with Crippen LogP contribution in [0.2, 0.25) is 5.02 Å². The molecule has 2 rings (SSSR count). The number of nitriles is 1. The molecule has 1 heterocycles. The monoisotopic (exact) mass is 249 g/mol. The molecule has 0 saturated carbocycles. The topological polar surface area (TPSA) is 48.7 Å². The molecule has 0 atom stereocenters. The highest BCUT2D eigenvalue weighted by atomic mass is 35.5. The van der Waals surface area contributed by atoms with Gasteiger partial charge in [-0.25, -0.2) is 4.39 Å². The molecule has 0 aliphatic carbocycles. The third kappa shape index (κ3) is 2.02. The van der Waals surface area contributed by atoms with Crippen molar-refractivity contribution in [2.24, 2.45) is 0 Å². The fourth-order valence-electron chi connectivity index (χ4n) is 1.68. The molecule has 5 heteroatoms.